The SMILES string of the molecule is Cc1cc(OCc2ccc(C(=O)Nc3cccc(O)c3)o2)c(C(C)C)cc1Cl. The summed E-state index contributed by atoms with van der Waals surface area (Å²) in [6, 6.07) is 13.4. The Hall–Kier alpha value is -2.92. The number of phenols is 1. The third-order valence-corrected chi connectivity index (χ3v) is 4.68. The van der Waals surface area contributed by atoms with Crippen LogP contribution < -0.4 is 10.1 Å². The fraction of sp³-hybridized carbons (Fsp3) is 0.227. The van der Waals surface area contributed by atoms with Crippen molar-refractivity contribution in [1.82, 2.24) is 0 Å². The quantitative estimate of drug-likeness (QED) is 0.541. The van der Waals surface area contributed by atoms with Crippen LogP contribution in [0.15, 0.2) is 52.9 Å². The number of ether oxygens (including phenoxy) is 1. The molecule has 0 unspecified atom stereocenters. The van der Waals surface area contributed by atoms with Crippen LogP contribution in [-0.4, -0.2) is 11.0 Å². The van der Waals surface area contributed by atoms with Crippen LogP contribution in [-0.2, 0) is 6.61 Å². The first-order valence-corrected chi connectivity index (χ1v) is 9.33. The van der Waals surface area contributed by atoms with E-state index in [-0.39, 0.29) is 24.0 Å². The molecule has 0 spiro atoms. The number of furan rings is 1. The van der Waals surface area contributed by atoms with Gasteiger partial charge in [0.05, 0.1) is 0 Å². The highest BCUT2D eigenvalue weighted by Crippen LogP contribution is 2.32. The van der Waals surface area contributed by atoms with Crippen LogP contribution in [0.5, 0.6) is 11.5 Å². The van der Waals surface area contributed by atoms with E-state index in [1.807, 2.05) is 19.1 Å². The number of halogens is 1. The number of amides is 1. The molecule has 28 heavy (non-hydrogen) atoms. The maximum Gasteiger partial charge on any atom is 0.291 e. The van der Waals surface area contributed by atoms with Crippen molar-refractivity contribution in [3.63, 3.8) is 0 Å². The third-order valence-electron chi connectivity index (χ3n) is 4.27. The van der Waals surface area contributed by atoms with E-state index < -0.39 is 5.91 Å². The third kappa shape index (κ3) is 4.67. The molecule has 0 aliphatic rings. The van der Waals surface area contributed by atoms with Gasteiger partial charge in [0.15, 0.2) is 5.76 Å². The molecule has 5 nitrogen and oxygen atoms in total. The molecule has 1 amide bonds. The zero-order chi connectivity index (χ0) is 20.3. The highest BCUT2D eigenvalue weighted by Gasteiger charge is 2.14. The van der Waals surface area contributed by atoms with Gasteiger partial charge in [-0.25, -0.2) is 0 Å². The summed E-state index contributed by atoms with van der Waals surface area (Å²) in [7, 11) is 0. The molecule has 0 bridgehead atoms. The van der Waals surface area contributed by atoms with E-state index in [0.29, 0.717) is 16.5 Å². The van der Waals surface area contributed by atoms with Crippen molar-refractivity contribution in [1.29, 1.82) is 0 Å². The summed E-state index contributed by atoms with van der Waals surface area (Å²) < 4.78 is 11.5. The summed E-state index contributed by atoms with van der Waals surface area (Å²) in [5.41, 5.74) is 2.44. The Bertz CT molecular complexity index is 994. The molecule has 0 atom stereocenters. The Morgan fingerprint density at radius 3 is 2.71 bits per heavy atom. The van der Waals surface area contributed by atoms with Gasteiger partial charge < -0.3 is 19.6 Å². The molecule has 0 aliphatic heterocycles. The first-order chi connectivity index (χ1) is 13.3. The van der Waals surface area contributed by atoms with Gasteiger partial charge in [-0.15, -0.1) is 0 Å². The molecule has 3 aromatic rings. The van der Waals surface area contributed by atoms with Crippen LogP contribution in [0, 0.1) is 6.92 Å². The second-order valence-corrected chi connectivity index (χ2v) is 7.26. The molecule has 2 aromatic carbocycles. The maximum atomic E-state index is 12.3. The Morgan fingerprint density at radius 2 is 2.00 bits per heavy atom. The van der Waals surface area contributed by atoms with Gasteiger partial charge in [0.1, 0.15) is 23.9 Å². The van der Waals surface area contributed by atoms with E-state index in [4.69, 9.17) is 20.8 Å². The predicted octanol–water partition coefficient (Wildman–Crippen LogP) is 5.90. The van der Waals surface area contributed by atoms with Crippen LogP contribution >= 0.6 is 11.6 Å². The fourth-order valence-corrected chi connectivity index (χ4v) is 2.92. The molecule has 3 rings (SSSR count). The van der Waals surface area contributed by atoms with E-state index in [9.17, 15) is 9.90 Å². The van der Waals surface area contributed by atoms with Gasteiger partial charge in [0.25, 0.3) is 5.91 Å². The Labute approximate surface area is 168 Å². The van der Waals surface area contributed by atoms with Crippen molar-refractivity contribution >= 4 is 23.2 Å². The molecule has 0 radical (unpaired) electrons. The normalized spacial score (nSPS) is 10.9. The lowest BCUT2D eigenvalue weighted by molar-refractivity contribution is 0.0992. The summed E-state index contributed by atoms with van der Waals surface area (Å²) in [4.78, 5) is 12.3. The average molecular weight is 400 g/mol. The lowest BCUT2D eigenvalue weighted by Crippen LogP contribution is -2.10. The van der Waals surface area contributed by atoms with Gasteiger partial charge in [0, 0.05) is 16.8 Å². The summed E-state index contributed by atoms with van der Waals surface area (Å²) in [5.74, 6) is 1.38. The largest absolute Gasteiger partial charge is 0.508 e. The molecule has 0 fully saturated rings. The molecular formula is C22H22ClNO4. The van der Waals surface area contributed by atoms with Crippen molar-refractivity contribution in [2.45, 2.75) is 33.3 Å². The number of nitrogens with one attached hydrogen (secondary N) is 1. The molecule has 146 valence electrons. The Morgan fingerprint density at radius 1 is 1.21 bits per heavy atom. The Kier molecular flexibility index (Phi) is 5.95. The number of aryl methyl sites for hydroxylation is 1. The second-order valence-electron chi connectivity index (χ2n) is 6.85. The van der Waals surface area contributed by atoms with E-state index in [2.05, 4.69) is 19.2 Å². The monoisotopic (exact) mass is 399 g/mol. The van der Waals surface area contributed by atoms with Gasteiger partial charge in [-0.1, -0.05) is 31.5 Å². The summed E-state index contributed by atoms with van der Waals surface area (Å²) >= 11 is 6.23. The van der Waals surface area contributed by atoms with Crippen LogP contribution in [0.3, 0.4) is 0 Å². The number of phenolic OH excluding ortho intramolecular Hbond substituents is 1. The maximum absolute atomic E-state index is 12.3. The van der Waals surface area contributed by atoms with E-state index in [0.717, 1.165) is 16.9 Å². The molecule has 1 aromatic heterocycles. The molecular weight excluding hydrogens is 378 g/mol. The van der Waals surface area contributed by atoms with Crippen molar-refractivity contribution in [3.05, 3.63) is 76.2 Å². The number of hydrogen-bond acceptors (Lipinski definition) is 4. The number of hydrogen-bond donors (Lipinski definition) is 2. The molecule has 0 saturated carbocycles. The van der Waals surface area contributed by atoms with Crippen LogP contribution in [0.4, 0.5) is 5.69 Å². The first-order valence-electron chi connectivity index (χ1n) is 8.95. The minimum atomic E-state index is -0.401. The van der Waals surface area contributed by atoms with Crippen molar-refractivity contribution in [2.75, 3.05) is 5.32 Å². The van der Waals surface area contributed by atoms with Gasteiger partial charge >= 0.3 is 0 Å². The van der Waals surface area contributed by atoms with E-state index in [1.165, 1.54) is 12.1 Å². The highest BCUT2D eigenvalue weighted by atomic mass is 35.5. The number of carbonyl (C=O) groups excluding carboxylic acids is 1. The molecule has 2 N–H and O–H groups in total. The van der Waals surface area contributed by atoms with Gasteiger partial charge in [0.2, 0.25) is 0 Å². The van der Waals surface area contributed by atoms with E-state index >= 15 is 0 Å². The highest BCUT2D eigenvalue weighted by molar-refractivity contribution is 6.31. The van der Waals surface area contributed by atoms with Gasteiger partial charge in [-0.05, 0) is 60.4 Å². The first kappa shape index (κ1) is 19.8. The number of carbonyl (C=O) groups is 1. The zero-order valence-corrected chi connectivity index (χ0v) is 16.7. The van der Waals surface area contributed by atoms with Crippen molar-refractivity contribution in [3.8, 4) is 11.5 Å². The zero-order valence-electron chi connectivity index (χ0n) is 16.0. The lowest BCUT2D eigenvalue weighted by atomic mass is 10.0. The minimum absolute atomic E-state index is 0.0746. The van der Waals surface area contributed by atoms with E-state index in [1.54, 1.807) is 24.3 Å². The molecule has 0 saturated heterocycles. The second kappa shape index (κ2) is 8.40. The fourth-order valence-electron chi connectivity index (χ4n) is 2.75. The predicted molar refractivity (Wildman–Crippen MR) is 109 cm³/mol. The minimum Gasteiger partial charge on any atom is -0.508 e. The summed E-state index contributed by atoms with van der Waals surface area (Å²) in [5, 5.41) is 12.9. The van der Waals surface area contributed by atoms with Crippen molar-refractivity contribution in [2.24, 2.45) is 0 Å². The standard InChI is InChI=1S/C22H22ClNO4/c1-13(2)18-11-19(23)14(3)9-21(18)27-12-17-7-8-20(28-17)22(26)24-15-5-4-6-16(25)10-15/h4-11,13,25H,12H2,1-3H3,(H,24,26). The number of benzene rings is 2. The average Bonchev–Trinajstić information content (AvgIpc) is 3.11. The molecule has 0 aliphatic carbocycles. The van der Waals surface area contributed by atoms with Crippen LogP contribution in [0.2, 0.25) is 5.02 Å². The summed E-state index contributed by atoms with van der Waals surface area (Å²) in [6.45, 7) is 6.27. The summed E-state index contributed by atoms with van der Waals surface area (Å²) in [6.07, 6.45) is 0. The van der Waals surface area contributed by atoms with Crippen molar-refractivity contribution < 1.29 is 19.1 Å². The molecule has 6 heteroatoms. The number of anilines is 1. The van der Waals surface area contributed by atoms with Gasteiger partial charge in [-0.2, -0.15) is 0 Å². The lowest BCUT2D eigenvalue weighted by Gasteiger charge is -2.15. The smallest absolute Gasteiger partial charge is 0.291 e. The number of aromatic hydroxyl groups is 1. The van der Waals surface area contributed by atoms with Gasteiger partial charge in [-0.3, -0.25) is 4.79 Å². The molecule has 1 heterocycles. The Balaban J connectivity index is 1.68. The topological polar surface area (TPSA) is 71.7 Å². The van der Waals surface area contributed by atoms with Crippen LogP contribution in [0.25, 0.3) is 0 Å². The van der Waals surface area contributed by atoms with Crippen LogP contribution in [0.1, 0.15) is 47.2 Å². The number of rotatable bonds is 6.